The third kappa shape index (κ3) is 3.86. The zero-order valence-electron chi connectivity index (χ0n) is 12.6. The van der Waals surface area contributed by atoms with Crippen LogP contribution in [0.15, 0.2) is 51.8 Å². The van der Waals surface area contributed by atoms with Crippen LogP contribution in [-0.2, 0) is 0 Å². The summed E-state index contributed by atoms with van der Waals surface area (Å²) in [6, 6.07) is 7.60. The maximum Gasteiger partial charge on any atom is 0.305 e. The molecule has 0 unspecified atom stereocenters. The van der Waals surface area contributed by atoms with Gasteiger partial charge in [0.25, 0.3) is 0 Å². The number of furan rings is 1. The fraction of sp³-hybridized carbons (Fsp3) is 0. The van der Waals surface area contributed by atoms with Gasteiger partial charge in [-0.15, -0.1) is 0 Å². The summed E-state index contributed by atoms with van der Waals surface area (Å²) in [4.78, 5) is 19.7. The SMILES string of the molecule is Nc1c(NNC(=O)c2ccco2)ncnc1Nc1ccc(Br)cc1F. The highest BCUT2D eigenvalue weighted by atomic mass is 79.9. The summed E-state index contributed by atoms with van der Waals surface area (Å²) < 4.78 is 19.5. The van der Waals surface area contributed by atoms with Gasteiger partial charge in [-0.3, -0.25) is 15.6 Å². The molecule has 2 heterocycles. The summed E-state index contributed by atoms with van der Waals surface area (Å²) in [5.74, 6) is -0.527. The molecule has 2 aromatic heterocycles. The van der Waals surface area contributed by atoms with Crippen LogP contribution in [-0.4, -0.2) is 15.9 Å². The zero-order valence-corrected chi connectivity index (χ0v) is 14.2. The molecule has 10 heteroatoms. The second kappa shape index (κ2) is 7.18. The number of nitrogens with one attached hydrogen (secondary N) is 3. The molecule has 0 saturated carbocycles. The van der Waals surface area contributed by atoms with E-state index in [4.69, 9.17) is 10.2 Å². The van der Waals surface area contributed by atoms with Crippen LogP contribution < -0.4 is 21.9 Å². The molecule has 1 aromatic carbocycles. The molecule has 0 radical (unpaired) electrons. The Hall–Kier alpha value is -3.14. The van der Waals surface area contributed by atoms with Crippen molar-refractivity contribution < 1.29 is 13.6 Å². The van der Waals surface area contributed by atoms with Gasteiger partial charge in [-0.05, 0) is 30.3 Å². The van der Waals surface area contributed by atoms with Crippen LogP contribution in [0.1, 0.15) is 10.6 Å². The summed E-state index contributed by atoms with van der Waals surface area (Å²) in [6.45, 7) is 0. The van der Waals surface area contributed by atoms with Gasteiger partial charge < -0.3 is 15.5 Å². The Bertz CT molecular complexity index is 903. The van der Waals surface area contributed by atoms with E-state index in [0.717, 1.165) is 0 Å². The molecule has 0 aliphatic rings. The molecule has 0 spiro atoms. The lowest BCUT2D eigenvalue weighted by Gasteiger charge is -2.13. The van der Waals surface area contributed by atoms with Gasteiger partial charge in [0.2, 0.25) is 0 Å². The Morgan fingerprint density at radius 2 is 2.04 bits per heavy atom. The average Bonchev–Trinajstić information content (AvgIpc) is 3.12. The van der Waals surface area contributed by atoms with Crippen molar-refractivity contribution in [3.63, 3.8) is 0 Å². The molecule has 0 atom stereocenters. The van der Waals surface area contributed by atoms with Gasteiger partial charge in [0.1, 0.15) is 17.8 Å². The van der Waals surface area contributed by atoms with E-state index < -0.39 is 11.7 Å². The predicted molar refractivity (Wildman–Crippen MR) is 93.6 cm³/mol. The molecule has 0 aliphatic carbocycles. The maximum atomic E-state index is 13.9. The number of hydrazine groups is 1. The zero-order chi connectivity index (χ0) is 17.8. The summed E-state index contributed by atoms with van der Waals surface area (Å²) >= 11 is 3.18. The van der Waals surface area contributed by atoms with Crippen molar-refractivity contribution >= 4 is 44.8 Å². The number of hydrogen-bond donors (Lipinski definition) is 4. The molecule has 25 heavy (non-hydrogen) atoms. The molecule has 0 fully saturated rings. The highest BCUT2D eigenvalue weighted by molar-refractivity contribution is 9.10. The lowest BCUT2D eigenvalue weighted by Crippen LogP contribution is -2.30. The highest BCUT2D eigenvalue weighted by Gasteiger charge is 2.13. The van der Waals surface area contributed by atoms with Crippen molar-refractivity contribution in [2.45, 2.75) is 0 Å². The summed E-state index contributed by atoms with van der Waals surface area (Å²) in [5, 5.41) is 2.78. The van der Waals surface area contributed by atoms with Crippen LogP contribution in [0, 0.1) is 5.82 Å². The van der Waals surface area contributed by atoms with Crippen LogP contribution in [0.2, 0.25) is 0 Å². The topological polar surface area (TPSA) is 118 Å². The largest absolute Gasteiger partial charge is 0.459 e. The third-order valence-electron chi connectivity index (χ3n) is 3.11. The van der Waals surface area contributed by atoms with Crippen molar-refractivity contribution in [2.75, 3.05) is 16.5 Å². The number of hydrogen-bond acceptors (Lipinski definition) is 7. The predicted octanol–water partition coefficient (Wildman–Crippen LogP) is 3.05. The number of aromatic nitrogens is 2. The van der Waals surface area contributed by atoms with E-state index >= 15 is 0 Å². The highest BCUT2D eigenvalue weighted by Crippen LogP contribution is 2.27. The average molecular weight is 407 g/mol. The molecular formula is C15H12BrFN6O2. The number of amides is 1. The van der Waals surface area contributed by atoms with E-state index in [1.54, 1.807) is 12.1 Å². The third-order valence-corrected chi connectivity index (χ3v) is 3.60. The van der Waals surface area contributed by atoms with Crippen LogP contribution in [0.3, 0.4) is 0 Å². The lowest BCUT2D eigenvalue weighted by atomic mass is 10.3. The molecule has 3 aromatic rings. The second-order valence-corrected chi connectivity index (χ2v) is 5.71. The molecule has 0 saturated heterocycles. The van der Waals surface area contributed by atoms with E-state index in [2.05, 4.69) is 42.1 Å². The van der Waals surface area contributed by atoms with Gasteiger partial charge in [0.05, 0.1) is 12.0 Å². The number of nitrogen functional groups attached to an aromatic ring is 1. The van der Waals surface area contributed by atoms with Gasteiger partial charge in [-0.25, -0.2) is 14.4 Å². The molecule has 0 bridgehead atoms. The number of benzene rings is 1. The van der Waals surface area contributed by atoms with Crippen molar-refractivity contribution in [3.8, 4) is 0 Å². The van der Waals surface area contributed by atoms with Gasteiger partial charge >= 0.3 is 5.91 Å². The Kier molecular flexibility index (Phi) is 4.80. The van der Waals surface area contributed by atoms with Crippen LogP contribution in [0.25, 0.3) is 0 Å². The fourth-order valence-corrected chi connectivity index (χ4v) is 2.23. The first kappa shape index (κ1) is 16.7. The minimum Gasteiger partial charge on any atom is -0.459 e. The Labute approximate surface area is 149 Å². The van der Waals surface area contributed by atoms with Crippen molar-refractivity contribution in [1.29, 1.82) is 0 Å². The number of carbonyl (C=O) groups excluding carboxylic acids is 1. The van der Waals surface area contributed by atoms with Crippen LogP contribution in [0.5, 0.6) is 0 Å². The first-order valence-electron chi connectivity index (χ1n) is 6.97. The standard InChI is InChI=1S/C15H12BrFN6O2/c16-8-3-4-10(9(17)6-8)21-13-12(18)14(20-7-19-13)22-23-15(24)11-2-1-5-25-11/h1-7H,18H2,(H,23,24)(H2,19,20,21,22). The molecule has 0 aliphatic heterocycles. The minimum atomic E-state index is -0.503. The fourth-order valence-electron chi connectivity index (χ4n) is 1.90. The molecule has 128 valence electrons. The monoisotopic (exact) mass is 406 g/mol. The normalized spacial score (nSPS) is 10.3. The lowest BCUT2D eigenvalue weighted by molar-refractivity contribution is 0.0935. The van der Waals surface area contributed by atoms with Crippen molar-refractivity contribution in [3.05, 3.63) is 59.0 Å². The van der Waals surface area contributed by atoms with Gasteiger partial charge in [0.15, 0.2) is 17.4 Å². The van der Waals surface area contributed by atoms with E-state index in [1.165, 1.54) is 30.8 Å². The number of halogens is 2. The van der Waals surface area contributed by atoms with E-state index in [0.29, 0.717) is 4.47 Å². The van der Waals surface area contributed by atoms with Crippen LogP contribution >= 0.6 is 15.9 Å². The summed E-state index contributed by atoms with van der Waals surface area (Å²) in [5.41, 5.74) is 11.2. The minimum absolute atomic E-state index is 0.101. The van der Waals surface area contributed by atoms with Crippen molar-refractivity contribution in [1.82, 2.24) is 15.4 Å². The summed E-state index contributed by atoms with van der Waals surface area (Å²) in [6.07, 6.45) is 2.60. The molecule has 8 nitrogen and oxygen atoms in total. The Balaban J connectivity index is 1.74. The molecular weight excluding hydrogens is 395 g/mol. The second-order valence-electron chi connectivity index (χ2n) is 4.79. The number of carbonyl (C=O) groups is 1. The van der Waals surface area contributed by atoms with Crippen molar-refractivity contribution in [2.24, 2.45) is 0 Å². The van der Waals surface area contributed by atoms with E-state index in [1.807, 2.05) is 0 Å². The number of anilines is 4. The molecule has 5 N–H and O–H groups in total. The van der Waals surface area contributed by atoms with E-state index in [-0.39, 0.29) is 28.8 Å². The molecule has 1 amide bonds. The Morgan fingerprint density at radius 1 is 1.24 bits per heavy atom. The van der Waals surface area contributed by atoms with Gasteiger partial charge in [0, 0.05) is 4.47 Å². The smallest absolute Gasteiger partial charge is 0.305 e. The first-order chi connectivity index (χ1) is 12.0. The van der Waals surface area contributed by atoms with Gasteiger partial charge in [-0.1, -0.05) is 15.9 Å². The van der Waals surface area contributed by atoms with Crippen LogP contribution in [0.4, 0.5) is 27.4 Å². The Morgan fingerprint density at radius 3 is 2.76 bits per heavy atom. The van der Waals surface area contributed by atoms with E-state index in [9.17, 15) is 9.18 Å². The number of nitrogens with two attached hydrogens (primary N) is 1. The maximum absolute atomic E-state index is 13.9. The summed E-state index contributed by atoms with van der Waals surface area (Å²) in [7, 11) is 0. The van der Waals surface area contributed by atoms with Gasteiger partial charge in [-0.2, -0.15) is 0 Å². The quantitative estimate of drug-likeness (QED) is 0.480. The molecule has 3 rings (SSSR count). The number of rotatable bonds is 5. The number of nitrogens with zero attached hydrogens (tertiary/aromatic N) is 2. The first-order valence-corrected chi connectivity index (χ1v) is 7.76.